The van der Waals surface area contributed by atoms with Crippen LogP contribution in [0.5, 0.6) is 0 Å². The van der Waals surface area contributed by atoms with E-state index in [9.17, 15) is 14.9 Å². The number of piperazine rings is 1. The molecule has 32 heavy (non-hydrogen) atoms. The van der Waals surface area contributed by atoms with Gasteiger partial charge in [-0.25, -0.2) is 9.97 Å². The standard InChI is InChI=1S/C23H24N6O3/c30-23(14-19-8-4-5-9-20(19)29(31)32)26-21-15-22(25-17-24-21)28-12-10-27(11-13-28)16-18-6-2-1-3-7-18/h1-9,15,17H,10-14,16H2,(H,24,25,26,30). The molecule has 4 rings (SSSR count). The summed E-state index contributed by atoms with van der Waals surface area (Å²) in [5, 5.41) is 13.9. The highest BCUT2D eigenvalue weighted by atomic mass is 16.6. The van der Waals surface area contributed by atoms with Crippen molar-refractivity contribution in [3.63, 3.8) is 0 Å². The molecule has 1 aromatic heterocycles. The molecule has 1 aliphatic rings. The molecule has 0 spiro atoms. The molecule has 0 aliphatic carbocycles. The van der Waals surface area contributed by atoms with E-state index in [0.29, 0.717) is 11.4 Å². The number of hydrogen-bond acceptors (Lipinski definition) is 7. The Labute approximate surface area is 185 Å². The minimum Gasteiger partial charge on any atom is -0.354 e. The van der Waals surface area contributed by atoms with Gasteiger partial charge in [-0.1, -0.05) is 48.5 Å². The molecule has 0 atom stereocenters. The Bertz CT molecular complexity index is 1080. The van der Waals surface area contributed by atoms with Crippen molar-refractivity contribution in [3.8, 4) is 0 Å². The predicted octanol–water partition coefficient (Wildman–Crippen LogP) is 2.89. The summed E-state index contributed by atoms with van der Waals surface area (Å²) in [4.78, 5) is 36.2. The van der Waals surface area contributed by atoms with Crippen LogP contribution in [0.4, 0.5) is 17.3 Å². The Morgan fingerprint density at radius 2 is 1.72 bits per heavy atom. The summed E-state index contributed by atoms with van der Waals surface area (Å²) in [5.74, 6) is 0.766. The second-order valence-corrected chi connectivity index (χ2v) is 7.62. The molecule has 0 radical (unpaired) electrons. The normalized spacial score (nSPS) is 14.2. The van der Waals surface area contributed by atoms with E-state index in [0.717, 1.165) is 38.5 Å². The van der Waals surface area contributed by atoms with Crippen LogP contribution >= 0.6 is 0 Å². The van der Waals surface area contributed by atoms with Gasteiger partial charge < -0.3 is 10.2 Å². The lowest BCUT2D eigenvalue weighted by atomic mass is 10.1. The van der Waals surface area contributed by atoms with E-state index < -0.39 is 4.92 Å². The number of carbonyl (C=O) groups excluding carboxylic acids is 1. The van der Waals surface area contributed by atoms with Crippen LogP contribution in [0, 0.1) is 10.1 Å². The van der Waals surface area contributed by atoms with Crippen LogP contribution in [0.1, 0.15) is 11.1 Å². The Morgan fingerprint density at radius 1 is 1.00 bits per heavy atom. The van der Waals surface area contributed by atoms with Gasteiger partial charge in [0.25, 0.3) is 5.69 Å². The van der Waals surface area contributed by atoms with Crippen molar-refractivity contribution in [3.05, 3.63) is 88.2 Å². The fraction of sp³-hybridized carbons (Fsp3) is 0.261. The smallest absolute Gasteiger partial charge is 0.273 e. The molecule has 9 nitrogen and oxygen atoms in total. The highest BCUT2D eigenvalue weighted by Crippen LogP contribution is 2.20. The average Bonchev–Trinajstić information content (AvgIpc) is 2.80. The summed E-state index contributed by atoms with van der Waals surface area (Å²) in [6.07, 6.45) is 1.32. The maximum Gasteiger partial charge on any atom is 0.273 e. The number of anilines is 2. The first-order chi connectivity index (χ1) is 15.6. The zero-order chi connectivity index (χ0) is 22.3. The number of nitrogens with zero attached hydrogens (tertiary/aromatic N) is 5. The second-order valence-electron chi connectivity index (χ2n) is 7.62. The molecule has 2 heterocycles. The van der Waals surface area contributed by atoms with Crippen LogP contribution < -0.4 is 10.2 Å². The van der Waals surface area contributed by atoms with Gasteiger partial charge in [0.15, 0.2) is 0 Å². The molecular formula is C23H24N6O3. The first kappa shape index (κ1) is 21.4. The van der Waals surface area contributed by atoms with Gasteiger partial charge in [0.05, 0.1) is 11.3 Å². The number of amides is 1. The van der Waals surface area contributed by atoms with E-state index in [1.54, 1.807) is 24.3 Å². The molecule has 2 aromatic carbocycles. The lowest BCUT2D eigenvalue weighted by Gasteiger charge is -2.35. The van der Waals surface area contributed by atoms with Crippen molar-refractivity contribution in [1.29, 1.82) is 0 Å². The molecule has 1 fully saturated rings. The van der Waals surface area contributed by atoms with Gasteiger partial charge in [0.2, 0.25) is 5.91 Å². The first-order valence-electron chi connectivity index (χ1n) is 10.4. The van der Waals surface area contributed by atoms with Crippen molar-refractivity contribution in [2.45, 2.75) is 13.0 Å². The number of rotatable bonds is 7. The quantitative estimate of drug-likeness (QED) is 0.452. The van der Waals surface area contributed by atoms with Gasteiger partial charge in [-0.15, -0.1) is 0 Å². The number of carbonyl (C=O) groups is 1. The van der Waals surface area contributed by atoms with Gasteiger partial charge in [-0.3, -0.25) is 19.8 Å². The van der Waals surface area contributed by atoms with E-state index >= 15 is 0 Å². The zero-order valence-electron chi connectivity index (χ0n) is 17.6. The Hall–Kier alpha value is -3.85. The van der Waals surface area contributed by atoms with Crippen LogP contribution in [0.2, 0.25) is 0 Å². The van der Waals surface area contributed by atoms with Gasteiger partial charge in [0.1, 0.15) is 18.0 Å². The van der Waals surface area contributed by atoms with Crippen molar-refractivity contribution in [2.24, 2.45) is 0 Å². The maximum atomic E-state index is 12.4. The minimum atomic E-state index is -0.483. The van der Waals surface area contributed by atoms with E-state index in [1.165, 1.54) is 18.0 Å². The van der Waals surface area contributed by atoms with Crippen LogP contribution in [-0.2, 0) is 17.8 Å². The van der Waals surface area contributed by atoms with Gasteiger partial charge in [-0.2, -0.15) is 0 Å². The minimum absolute atomic E-state index is 0.0700. The predicted molar refractivity (Wildman–Crippen MR) is 121 cm³/mol. The molecule has 9 heteroatoms. The SMILES string of the molecule is O=C(Cc1ccccc1[N+](=O)[O-])Nc1cc(N2CCN(Cc3ccccc3)CC2)ncn1. The lowest BCUT2D eigenvalue weighted by Crippen LogP contribution is -2.46. The van der Waals surface area contributed by atoms with Crippen molar-refractivity contribution < 1.29 is 9.72 Å². The maximum absolute atomic E-state index is 12.4. The molecule has 1 amide bonds. The zero-order valence-corrected chi connectivity index (χ0v) is 17.6. The summed E-state index contributed by atoms with van der Waals surface area (Å²) in [5.41, 5.74) is 1.59. The summed E-state index contributed by atoms with van der Waals surface area (Å²) in [6, 6.07) is 18.4. The first-order valence-corrected chi connectivity index (χ1v) is 10.4. The van der Waals surface area contributed by atoms with Crippen LogP contribution in [-0.4, -0.2) is 51.9 Å². The molecule has 0 unspecified atom stereocenters. The number of benzene rings is 2. The third-order valence-corrected chi connectivity index (χ3v) is 5.40. The van der Waals surface area contributed by atoms with Crippen molar-refractivity contribution in [2.75, 3.05) is 36.4 Å². The van der Waals surface area contributed by atoms with E-state index in [1.807, 2.05) is 6.07 Å². The third-order valence-electron chi connectivity index (χ3n) is 5.40. The largest absolute Gasteiger partial charge is 0.354 e. The van der Waals surface area contributed by atoms with Crippen LogP contribution in [0.25, 0.3) is 0 Å². The van der Waals surface area contributed by atoms with Gasteiger partial charge >= 0.3 is 0 Å². The highest BCUT2D eigenvalue weighted by molar-refractivity contribution is 5.92. The summed E-state index contributed by atoms with van der Waals surface area (Å²) in [7, 11) is 0. The molecule has 0 saturated carbocycles. The summed E-state index contributed by atoms with van der Waals surface area (Å²) < 4.78 is 0. The summed E-state index contributed by atoms with van der Waals surface area (Å²) in [6.45, 7) is 4.41. The van der Waals surface area contributed by atoms with Crippen molar-refractivity contribution >= 4 is 23.2 Å². The number of para-hydroxylation sites is 1. The van der Waals surface area contributed by atoms with Crippen LogP contribution in [0.15, 0.2) is 67.0 Å². The lowest BCUT2D eigenvalue weighted by molar-refractivity contribution is -0.385. The second kappa shape index (κ2) is 9.97. The summed E-state index contributed by atoms with van der Waals surface area (Å²) >= 11 is 0. The fourth-order valence-corrected chi connectivity index (χ4v) is 3.76. The molecule has 1 saturated heterocycles. The third kappa shape index (κ3) is 5.44. The van der Waals surface area contributed by atoms with Crippen LogP contribution in [0.3, 0.4) is 0 Å². The number of nitro groups is 1. The highest BCUT2D eigenvalue weighted by Gasteiger charge is 2.20. The number of nitrogens with one attached hydrogen (secondary N) is 1. The number of hydrogen-bond donors (Lipinski definition) is 1. The monoisotopic (exact) mass is 432 g/mol. The van der Waals surface area contributed by atoms with E-state index in [-0.39, 0.29) is 18.0 Å². The van der Waals surface area contributed by atoms with Crippen molar-refractivity contribution in [1.82, 2.24) is 14.9 Å². The number of nitro benzene ring substituents is 1. The van der Waals surface area contributed by atoms with E-state index in [4.69, 9.17) is 0 Å². The number of aromatic nitrogens is 2. The van der Waals surface area contributed by atoms with Gasteiger partial charge in [-0.05, 0) is 5.56 Å². The molecule has 3 aromatic rings. The molecule has 1 N–H and O–H groups in total. The average molecular weight is 432 g/mol. The molecule has 1 aliphatic heterocycles. The topological polar surface area (TPSA) is 104 Å². The molecule has 0 bridgehead atoms. The fourth-order valence-electron chi connectivity index (χ4n) is 3.76. The Morgan fingerprint density at radius 3 is 2.47 bits per heavy atom. The van der Waals surface area contributed by atoms with E-state index in [2.05, 4.69) is 49.4 Å². The molecule has 164 valence electrons. The Kier molecular flexibility index (Phi) is 6.66. The Balaban J connectivity index is 1.34. The van der Waals surface area contributed by atoms with Gasteiger partial charge in [0, 0.05) is 50.4 Å². The molecular weight excluding hydrogens is 408 g/mol.